The van der Waals surface area contributed by atoms with Gasteiger partial charge in [0.05, 0.1) is 131 Å². The molecule has 0 saturated carbocycles. The van der Waals surface area contributed by atoms with E-state index >= 15 is 0 Å². The highest BCUT2D eigenvalue weighted by Gasteiger charge is 2.36. The summed E-state index contributed by atoms with van der Waals surface area (Å²) >= 11 is 0. The van der Waals surface area contributed by atoms with E-state index in [0.29, 0.717) is 131 Å². The molecule has 0 spiro atoms. The number of carbonyl (C=O) groups excluding carboxylic acids is 1. The summed E-state index contributed by atoms with van der Waals surface area (Å²) < 4.78 is 60.9. The Balaban J connectivity index is 1.72. The minimum atomic E-state index is -1.70. The van der Waals surface area contributed by atoms with E-state index < -0.39 is 8.32 Å². The van der Waals surface area contributed by atoms with Gasteiger partial charge < -0.3 is 57.1 Å². The molecule has 0 aliphatic heterocycles. The van der Waals surface area contributed by atoms with Crippen LogP contribution in [0.1, 0.15) is 50.9 Å². The molecule has 0 aromatic heterocycles. The third-order valence-electron chi connectivity index (χ3n) is 7.91. The average molecular weight is 748 g/mol. The zero-order valence-electron chi connectivity index (χ0n) is 32.5. The maximum atomic E-state index is 12.1. The molecule has 0 bridgehead atoms. The number of esters is 1. The summed E-state index contributed by atoms with van der Waals surface area (Å²) in [6, 6.07) is 7.30. The Labute approximate surface area is 308 Å². The van der Waals surface area contributed by atoms with Crippen molar-refractivity contribution in [1.82, 2.24) is 0 Å². The van der Waals surface area contributed by atoms with Gasteiger partial charge >= 0.3 is 5.97 Å². The molecule has 0 saturated heterocycles. The second kappa shape index (κ2) is 31.8. The number of carbonyl (C=O) groups is 1. The molecule has 0 amide bonds. The van der Waals surface area contributed by atoms with Crippen molar-refractivity contribution >= 4 is 20.0 Å². The van der Waals surface area contributed by atoms with E-state index in [4.69, 9.17) is 51.8 Å². The lowest BCUT2D eigenvalue weighted by molar-refractivity contribution is -0.0263. The van der Waals surface area contributed by atoms with E-state index in [0.717, 1.165) is 25.1 Å². The quantitative estimate of drug-likeness (QED) is 0.0547. The molecule has 1 rings (SSSR count). The van der Waals surface area contributed by atoms with E-state index in [1.807, 2.05) is 12.1 Å². The maximum absolute atomic E-state index is 12.1. The lowest BCUT2D eigenvalue weighted by Gasteiger charge is -2.36. The molecular weight excluding hydrogens is 678 g/mol. The van der Waals surface area contributed by atoms with Crippen molar-refractivity contribution in [2.45, 2.75) is 58.7 Å². The maximum Gasteiger partial charge on any atom is 0.338 e. The summed E-state index contributed by atoms with van der Waals surface area (Å²) in [4.78, 5) is 12.1. The first-order valence-electron chi connectivity index (χ1n) is 18.5. The predicted molar refractivity (Wildman–Crippen MR) is 201 cm³/mol. The van der Waals surface area contributed by atoms with Crippen LogP contribution in [0.3, 0.4) is 0 Å². The Morgan fingerprint density at radius 3 is 1.22 bits per heavy atom. The van der Waals surface area contributed by atoms with Crippen molar-refractivity contribution in [2.75, 3.05) is 144 Å². The van der Waals surface area contributed by atoms with Gasteiger partial charge in [0.15, 0.2) is 8.32 Å². The molecule has 0 atom stereocenters. The van der Waals surface area contributed by atoms with E-state index in [1.165, 1.54) is 0 Å². The third kappa shape index (κ3) is 27.6. The summed E-state index contributed by atoms with van der Waals surface area (Å²) in [5.74, 6) is -0.360. The number of anilines is 1. The fourth-order valence-electron chi connectivity index (χ4n) is 3.84. The van der Waals surface area contributed by atoms with Crippen LogP contribution >= 0.6 is 0 Å². The molecule has 0 heterocycles. The largest absolute Gasteiger partial charge is 0.460 e. The zero-order valence-corrected chi connectivity index (χ0v) is 33.5. The van der Waals surface area contributed by atoms with Crippen molar-refractivity contribution in [2.24, 2.45) is 0 Å². The van der Waals surface area contributed by atoms with E-state index in [-0.39, 0.29) is 17.6 Å². The van der Waals surface area contributed by atoms with Gasteiger partial charge in [-0.3, -0.25) is 0 Å². The first kappa shape index (κ1) is 47.3. The molecule has 298 valence electrons. The molecular formula is C37H69NO12Si. The van der Waals surface area contributed by atoms with Crippen LogP contribution in [0.2, 0.25) is 18.1 Å². The molecule has 0 aliphatic rings. The molecule has 14 heteroatoms. The highest BCUT2D eigenvalue weighted by atomic mass is 28.4. The van der Waals surface area contributed by atoms with Crippen molar-refractivity contribution in [3.63, 3.8) is 0 Å². The molecule has 1 aromatic rings. The number of ether oxygens (including phenoxy) is 10. The Bertz CT molecular complexity index is 933. The Hall–Kier alpha value is -1.69. The van der Waals surface area contributed by atoms with Crippen LogP contribution in [-0.2, 0) is 51.8 Å². The topological polar surface area (TPSA) is 131 Å². The van der Waals surface area contributed by atoms with Crippen LogP contribution in [0.15, 0.2) is 24.3 Å². The smallest absolute Gasteiger partial charge is 0.338 e. The molecule has 1 N–H and O–H groups in total. The third-order valence-corrected chi connectivity index (χ3v) is 12.5. The predicted octanol–water partition coefficient (Wildman–Crippen LogP) is 5.23. The lowest BCUT2D eigenvalue weighted by atomic mass is 10.2. The minimum Gasteiger partial charge on any atom is -0.460 e. The van der Waals surface area contributed by atoms with Crippen molar-refractivity contribution in [1.29, 1.82) is 0 Å². The molecule has 0 radical (unpaired) electrons. The van der Waals surface area contributed by atoms with Crippen molar-refractivity contribution < 1.29 is 56.6 Å². The molecule has 13 nitrogen and oxygen atoms in total. The second-order valence-corrected chi connectivity index (χ2v) is 17.9. The summed E-state index contributed by atoms with van der Waals surface area (Å²) in [5, 5.41) is 3.53. The van der Waals surface area contributed by atoms with E-state index in [1.54, 1.807) is 12.1 Å². The van der Waals surface area contributed by atoms with Gasteiger partial charge in [-0.05, 0) is 48.8 Å². The van der Waals surface area contributed by atoms with Crippen LogP contribution < -0.4 is 5.32 Å². The molecule has 0 aliphatic carbocycles. The van der Waals surface area contributed by atoms with Crippen molar-refractivity contribution in [3.05, 3.63) is 29.8 Å². The van der Waals surface area contributed by atoms with Crippen LogP contribution in [-0.4, -0.2) is 153 Å². The Morgan fingerprint density at radius 1 is 0.549 bits per heavy atom. The van der Waals surface area contributed by atoms with Crippen LogP contribution in [0.25, 0.3) is 0 Å². The molecule has 51 heavy (non-hydrogen) atoms. The first-order chi connectivity index (χ1) is 24.7. The van der Waals surface area contributed by atoms with Gasteiger partial charge in [0.2, 0.25) is 0 Å². The standard InChI is InChI=1S/C37H69NO12Si/c1-7-8-13-38-35-11-9-34(10-12-35)36(39)49-32-30-47-28-26-45-24-22-43-20-18-41-16-14-40-15-17-42-19-21-44-23-25-46-27-29-48-31-33-50-51(5,6)37(2,3)4/h9-12,38H,7-8,13-33H2,1-6H3. The van der Waals surface area contributed by atoms with Crippen LogP contribution in [0.4, 0.5) is 5.69 Å². The number of nitrogens with one attached hydrogen (secondary N) is 1. The Morgan fingerprint density at radius 2 is 0.882 bits per heavy atom. The highest BCUT2D eigenvalue weighted by molar-refractivity contribution is 6.74. The number of rotatable bonds is 36. The molecule has 0 unspecified atom stereocenters. The van der Waals surface area contributed by atoms with Crippen LogP contribution in [0, 0.1) is 0 Å². The first-order valence-corrected chi connectivity index (χ1v) is 21.4. The highest BCUT2D eigenvalue weighted by Crippen LogP contribution is 2.36. The van der Waals surface area contributed by atoms with Crippen molar-refractivity contribution in [3.8, 4) is 0 Å². The summed E-state index contributed by atoms with van der Waals surface area (Å²) in [7, 11) is -1.70. The number of benzene rings is 1. The monoisotopic (exact) mass is 747 g/mol. The Kier molecular flexibility index (Phi) is 29.5. The molecule has 1 aromatic carbocycles. The van der Waals surface area contributed by atoms with E-state index in [2.05, 4.69) is 46.1 Å². The second-order valence-electron chi connectivity index (χ2n) is 13.1. The number of unbranched alkanes of at least 4 members (excludes halogenated alkanes) is 1. The van der Waals surface area contributed by atoms with Gasteiger partial charge in [-0.15, -0.1) is 0 Å². The number of hydrogen-bond acceptors (Lipinski definition) is 13. The lowest BCUT2D eigenvalue weighted by Crippen LogP contribution is -2.41. The van der Waals surface area contributed by atoms with Crippen LogP contribution in [0.5, 0.6) is 0 Å². The fraction of sp³-hybridized carbons (Fsp3) is 0.811. The van der Waals surface area contributed by atoms with Gasteiger partial charge in [-0.1, -0.05) is 34.1 Å². The summed E-state index contributed by atoms with van der Waals surface area (Å²) in [6.45, 7) is 23.9. The summed E-state index contributed by atoms with van der Waals surface area (Å²) in [5.41, 5.74) is 1.52. The molecule has 0 fully saturated rings. The minimum absolute atomic E-state index is 0.191. The van der Waals surface area contributed by atoms with Gasteiger partial charge in [-0.25, -0.2) is 4.79 Å². The zero-order chi connectivity index (χ0) is 37.3. The summed E-state index contributed by atoms with van der Waals surface area (Å²) in [6.07, 6.45) is 2.24. The van der Waals surface area contributed by atoms with Gasteiger partial charge in [-0.2, -0.15) is 0 Å². The van der Waals surface area contributed by atoms with Gasteiger partial charge in [0.1, 0.15) is 6.61 Å². The fourth-order valence-corrected chi connectivity index (χ4v) is 4.87. The number of hydrogen-bond donors (Lipinski definition) is 1. The SMILES string of the molecule is CCCCNc1ccc(C(=O)OCCOCCOCCOCCOCCOCCOCCOCCOCCOCCO[Si](C)(C)C(C)(C)C)cc1. The van der Waals surface area contributed by atoms with Gasteiger partial charge in [0, 0.05) is 12.2 Å². The average Bonchev–Trinajstić information content (AvgIpc) is 3.10. The normalized spacial score (nSPS) is 12.0. The van der Waals surface area contributed by atoms with E-state index in [9.17, 15) is 4.79 Å². The van der Waals surface area contributed by atoms with Gasteiger partial charge in [0.25, 0.3) is 0 Å².